The lowest BCUT2D eigenvalue weighted by Gasteiger charge is -2.41. The van der Waals surface area contributed by atoms with Gasteiger partial charge in [0.25, 0.3) is 0 Å². The standard InChI is InChI=1S/C16H34N2/c1-6-16(5)8-11-18(12-9-16)15(4)7-10-17-13-14(2)3/h14-15,17H,6-13H2,1-5H3. The minimum Gasteiger partial charge on any atom is -0.316 e. The number of hydrogen-bond acceptors (Lipinski definition) is 2. The van der Waals surface area contributed by atoms with Crippen molar-refractivity contribution in [1.29, 1.82) is 0 Å². The average Bonchev–Trinajstić information content (AvgIpc) is 2.35. The molecule has 18 heavy (non-hydrogen) atoms. The SMILES string of the molecule is CCC1(C)CCN(C(C)CCNCC(C)C)CC1. The highest BCUT2D eigenvalue weighted by molar-refractivity contribution is 4.83. The van der Waals surface area contributed by atoms with Crippen molar-refractivity contribution in [2.45, 2.75) is 66.3 Å². The molecule has 2 heteroatoms. The highest BCUT2D eigenvalue weighted by Gasteiger charge is 2.29. The van der Waals surface area contributed by atoms with Crippen molar-refractivity contribution in [2.75, 3.05) is 26.2 Å². The van der Waals surface area contributed by atoms with Gasteiger partial charge in [0.2, 0.25) is 0 Å². The van der Waals surface area contributed by atoms with Crippen LogP contribution in [0.25, 0.3) is 0 Å². The summed E-state index contributed by atoms with van der Waals surface area (Å²) >= 11 is 0. The third-order valence-electron chi connectivity index (χ3n) is 4.77. The fraction of sp³-hybridized carbons (Fsp3) is 1.00. The zero-order chi connectivity index (χ0) is 13.6. The van der Waals surface area contributed by atoms with E-state index in [9.17, 15) is 0 Å². The molecule has 0 aromatic heterocycles. The molecule has 1 N–H and O–H groups in total. The Morgan fingerprint density at radius 1 is 1.17 bits per heavy atom. The van der Waals surface area contributed by atoms with Gasteiger partial charge in [0, 0.05) is 6.04 Å². The van der Waals surface area contributed by atoms with Crippen molar-refractivity contribution in [1.82, 2.24) is 10.2 Å². The van der Waals surface area contributed by atoms with E-state index >= 15 is 0 Å². The quantitative estimate of drug-likeness (QED) is 0.699. The Morgan fingerprint density at radius 3 is 2.28 bits per heavy atom. The van der Waals surface area contributed by atoms with Crippen LogP contribution in [0.4, 0.5) is 0 Å². The zero-order valence-electron chi connectivity index (χ0n) is 13.3. The van der Waals surface area contributed by atoms with Crippen molar-refractivity contribution in [2.24, 2.45) is 11.3 Å². The highest BCUT2D eigenvalue weighted by Crippen LogP contribution is 2.34. The second-order valence-electron chi connectivity index (χ2n) is 6.94. The van der Waals surface area contributed by atoms with Crippen molar-refractivity contribution in [3.8, 4) is 0 Å². The third-order valence-corrected chi connectivity index (χ3v) is 4.77. The smallest absolute Gasteiger partial charge is 0.00790 e. The van der Waals surface area contributed by atoms with Crippen LogP contribution in [0.15, 0.2) is 0 Å². The molecule has 1 unspecified atom stereocenters. The first kappa shape index (κ1) is 16.0. The topological polar surface area (TPSA) is 15.3 Å². The predicted octanol–water partition coefficient (Wildman–Crippen LogP) is 3.52. The summed E-state index contributed by atoms with van der Waals surface area (Å²) in [5.41, 5.74) is 0.617. The molecule has 0 aromatic rings. The fourth-order valence-electron chi connectivity index (χ4n) is 2.74. The first-order valence-corrected chi connectivity index (χ1v) is 7.91. The first-order valence-electron chi connectivity index (χ1n) is 7.91. The van der Waals surface area contributed by atoms with Gasteiger partial charge in [-0.3, -0.25) is 0 Å². The van der Waals surface area contributed by atoms with Gasteiger partial charge >= 0.3 is 0 Å². The summed E-state index contributed by atoms with van der Waals surface area (Å²) in [5.74, 6) is 0.764. The molecule has 0 spiro atoms. The second-order valence-corrected chi connectivity index (χ2v) is 6.94. The molecule has 1 rings (SSSR count). The predicted molar refractivity (Wildman–Crippen MR) is 81.0 cm³/mol. The van der Waals surface area contributed by atoms with Gasteiger partial charge in [-0.15, -0.1) is 0 Å². The van der Waals surface area contributed by atoms with Crippen molar-refractivity contribution >= 4 is 0 Å². The summed E-state index contributed by atoms with van der Waals surface area (Å²) in [6.07, 6.45) is 5.39. The van der Waals surface area contributed by atoms with E-state index in [1.54, 1.807) is 0 Å². The van der Waals surface area contributed by atoms with E-state index in [-0.39, 0.29) is 0 Å². The van der Waals surface area contributed by atoms with Crippen LogP contribution in [0.5, 0.6) is 0 Å². The van der Waals surface area contributed by atoms with Gasteiger partial charge in [-0.05, 0) is 63.7 Å². The van der Waals surface area contributed by atoms with E-state index in [2.05, 4.69) is 44.8 Å². The van der Waals surface area contributed by atoms with Gasteiger partial charge < -0.3 is 10.2 Å². The van der Waals surface area contributed by atoms with Crippen LogP contribution in [0, 0.1) is 11.3 Å². The number of nitrogens with zero attached hydrogens (tertiary/aromatic N) is 1. The summed E-state index contributed by atoms with van der Waals surface area (Å²) in [7, 11) is 0. The van der Waals surface area contributed by atoms with Crippen molar-refractivity contribution in [3.63, 3.8) is 0 Å². The molecule has 1 saturated heterocycles. The molecule has 0 amide bonds. The molecule has 1 aliphatic heterocycles. The molecule has 0 saturated carbocycles. The number of nitrogens with one attached hydrogen (secondary N) is 1. The summed E-state index contributed by atoms with van der Waals surface area (Å²) in [4.78, 5) is 2.69. The number of hydrogen-bond donors (Lipinski definition) is 1. The maximum Gasteiger partial charge on any atom is 0.00790 e. The Labute approximate surface area is 115 Å². The number of likely N-dealkylation sites (tertiary alicyclic amines) is 1. The van der Waals surface area contributed by atoms with Crippen LogP contribution in [-0.2, 0) is 0 Å². The van der Waals surface area contributed by atoms with Crippen LogP contribution in [0.2, 0.25) is 0 Å². The minimum absolute atomic E-state index is 0.617. The molecular weight excluding hydrogens is 220 g/mol. The van der Waals surface area contributed by atoms with E-state index < -0.39 is 0 Å². The largest absolute Gasteiger partial charge is 0.316 e. The van der Waals surface area contributed by atoms with E-state index in [1.165, 1.54) is 45.3 Å². The Kier molecular flexibility index (Phi) is 6.65. The van der Waals surface area contributed by atoms with Crippen LogP contribution >= 0.6 is 0 Å². The molecule has 1 atom stereocenters. The zero-order valence-corrected chi connectivity index (χ0v) is 13.3. The summed E-state index contributed by atoms with van der Waals surface area (Å²) in [6.45, 7) is 16.7. The maximum absolute atomic E-state index is 3.56. The molecule has 0 aliphatic carbocycles. The number of rotatable bonds is 7. The molecule has 108 valence electrons. The van der Waals surface area contributed by atoms with Crippen LogP contribution in [0.1, 0.15) is 60.3 Å². The Balaban J connectivity index is 2.18. The van der Waals surface area contributed by atoms with E-state index in [0.29, 0.717) is 5.41 Å². The third kappa shape index (κ3) is 5.27. The minimum atomic E-state index is 0.617. The lowest BCUT2D eigenvalue weighted by Crippen LogP contribution is -2.44. The van der Waals surface area contributed by atoms with E-state index in [4.69, 9.17) is 0 Å². The number of piperidine rings is 1. The summed E-state index contributed by atoms with van der Waals surface area (Å²) in [6, 6.07) is 0.742. The molecule has 1 heterocycles. The van der Waals surface area contributed by atoms with Gasteiger partial charge in [-0.2, -0.15) is 0 Å². The molecule has 0 radical (unpaired) electrons. The fourth-order valence-corrected chi connectivity index (χ4v) is 2.74. The van der Waals surface area contributed by atoms with Gasteiger partial charge in [0.05, 0.1) is 0 Å². The van der Waals surface area contributed by atoms with Crippen molar-refractivity contribution in [3.05, 3.63) is 0 Å². The van der Waals surface area contributed by atoms with Crippen LogP contribution in [0.3, 0.4) is 0 Å². The lowest BCUT2D eigenvalue weighted by atomic mass is 9.78. The van der Waals surface area contributed by atoms with Gasteiger partial charge in [0.1, 0.15) is 0 Å². The summed E-state index contributed by atoms with van der Waals surface area (Å²) < 4.78 is 0. The highest BCUT2D eigenvalue weighted by atomic mass is 15.2. The second kappa shape index (κ2) is 7.49. The normalized spacial score (nSPS) is 22.3. The summed E-state index contributed by atoms with van der Waals surface area (Å²) in [5, 5.41) is 3.56. The van der Waals surface area contributed by atoms with Gasteiger partial charge in [-0.25, -0.2) is 0 Å². The molecule has 1 aliphatic rings. The van der Waals surface area contributed by atoms with Crippen LogP contribution in [-0.4, -0.2) is 37.1 Å². The Bertz CT molecular complexity index is 217. The molecule has 0 bridgehead atoms. The van der Waals surface area contributed by atoms with Crippen LogP contribution < -0.4 is 5.32 Å². The molecular formula is C16H34N2. The molecule has 2 nitrogen and oxygen atoms in total. The lowest BCUT2D eigenvalue weighted by molar-refractivity contribution is 0.0834. The Morgan fingerprint density at radius 2 is 1.78 bits per heavy atom. The monoisotopic (exact) mass is 254 g/mol. The average molecular weight is 254 g/mol. The molecule has 1 fully saturated rings. The van der Waals surface area contributed by atoms with Crippen molar-refractivity contribution < 1.29 is 0 Å². The molecule has 0 aromatic carbocycles. The maximum atomic E-state index is 3.56. The Hall–Kier alpha value is -0.0800. The van der Waals surface area contributed by atoms with Gasteiger partial charge in [0.15, 0.2) is 0 Å². The van der Waals surface area contributed by atoms with E-state index in [0.717, 1.165) is 18.5 Å². The first-order chi connectivity index (χ1) is 8.47. The van der Waals surface area contributed by atoms with E-state index in [1.807, 2.05) is 0 Å². The van der Waals surface area contributed by atoms with Gasteiger partial charge in [-0.1, -0.05) is 34.1 Å².